The minimum absolute atomic E-state index is 0.215. The molecule has 0 aliphatic carbocycles. The van der Waals surface area contributed by atoms with Crippen molar-refractivity contribution < 1.29 is 9.84 Å². The van der Waals surface area contributed by atoms with Crippen molar-refractivity contribution in [2.75, 3.05) is 0 Å². The molecule has 3 nitrogen and oxygen atoms in total. The molecule has 1 aromatic carbocycles. The van der Waals surface area contributed by atoms with E-state index in [-0.39, 0.29) is 6.10 Å². The number of fused-ring (bicyclic) bond motifs is 1. The minimum Gasteiger partial charge on any atom is -0.508 e. The van der Waals surface area contributed by atoms with Gasteiger partial charge in [0.25, 0.3) is 0 Å². The van der Waals surface area contributed by atoms with E-state index in [4.69, 9.17) is 4.74 Å². The van der Waals surface area contributed by atoms with Crippen molar-refractivity contribution in [3.63, 3.8) is 0 Å². The molecule has 2 rings (SSSR count). The van der Waals surface area contributed by atoms with Gasteiger partial charge in [0.1, 0.15) is 5.75 Å². The number of rotatable bonds is 3. The number of aryl methyl sites for hydroxylation is 1. The lowest BCUT2D eigenvalue weighted by atomic mass is 10.2. The molecule has 1 aromatic heterocycles. The molecule has 0 unspecified atom stereocenters. The second-order valence-electron chi connectivity index (χ2n) is 4.33. The number of hydrogen-bond acceptors (Lipinski definition) is 2. The predicted molar refractivity (Wildman–Crippen MR) is 64.5 cm³/mol. The molecule has 0 atom stereocenters. The van der Waals surface area contributed by atoms with Crippen LogP contribution in [0.5, 0.6) is 5.75 Å². The van der Waals surface area contributed by atoms with Crippen molar-refractivity contribution in [2.24, 2.45) is 7.05 Å². The van der Waals surface area contributed by atoms with Gasteiger partial charge >= 0.3 is 0 Å². The maximum atomic E-state index is 9.49. The molecule has 16 heavy (non-hydrogen) atoms. The van der Waals surface area contributed by atoms with Crippen LogP contribution in [0.15, 0.2) is 24.4 Å². The van der Waals surface area contributed by atoms with E-state index in [1.807, 2.05) is 37.7 Å². The fourth-order valence-electron chi connectivity index (χ4n) is 1.83. The number of aromatic nitrogens is 1. The molecule has 0 amide bonds. The lowest BCUT2D eigenvalue weighted by Gasteiger charge is -2.06. The van der Waals surface area contributed by atoms with Gasteiger partial charge in [-0.25, -0.2) is 0 Å². The number of phenols is 1. The number of aromatic hydroxyl groups is 1. The van der Waals surface area contributed by atoms with Crippen LogP contribution in [0.2, 0.25) is 0 Å². The van der Waals surface area contributed by atoms with Crippen molar-refractivity contribution in [3.05, 3.63) is 30.0 Å². The highest BCUT2D eigenvalue weighted by Crippen LogP contribution is 2.25. The molecule has 0 aliphatic rings. The Hall–Kier alpha value is -1.48. The summed E-state index contributed by atoms with van der Waals surface area (Å²) in [5.41, 5.74) is 2.22. The van der Waals surface area contributed by atoms with E-state index < -0.39 is 0 Å². The van der Waals surface area contributed by atoms with Crippen molar-refractivity contribution in [2.45, 2.75) is 26.6 Å². The second kappa shape index (κ2) is 4.18. The molecule has 0 saturated heterocycles. The van der Waals surface area contributed by atoms with Crippen LogP contribution < -0.4 is 0 Å². The van der Waals surface area contributed by atoms with E-state index in [0.29, 0.717) is 12.4 Å². The van der Waals surface area contributed by atoms with Gasteiger partial charge in [0, 0.05) is 29.7 Å². The first-order chi connectivity index (χ1) is 7.58. The van der Waals surface area contributed by atoms with Crippen LogP contribution in [0, 0.1) is 0 Å². The summed E-state index contributed by atoms with van der Waals surface area (Å²) in [5.74, 6) is 0.296. The molecule has 0 radical (unpaired) electrons. The number of phenolic OH excluding ortho intramolecular Hbond substituents is 1. The van der Waals surface area contributed by atoms with Crippen LogP contribution in [0.1, 0.15) is 19.4 Å². The summed E-state index contributed by atoms with van der Waals surface area (Å²) in [6.07, 6.45) is 2.26. The third-order valence-corrected chi connectivity index (χ3v) is 2.63. The van der Waals surface area contributed by atoms with Crippen LogP contribution in [0.25, 0.3) is 10.9 Å². The molecule has 2 aromatic rings. The highest BCUT2D eigenvalue weighted by molar-refractivity contribution is 5.85. The standard InChI is InChI=1S/C13H17NO2/c1-9(2)16-8-10-7-14(3)13-5-4-11(15)6-12(10)13/h4-7,9,15H,8H2,1-3H3. The summed E-state index contributed by atoms with van der Waals surface area (Å²) in [5, 5.41) is 10.5. The van der Waals surface area contributed by atoms with Crippen LogP contribution in [-0.4, -0.2) is 15.8 Å². The topological polar surface area (TPSA) is 34.4 Å². The molecule has 0 bridgehead atoms. The van der Waals surface area contributed by atoms with E-state index in [1.165, 1.54) is 0 Å². The maximum Gasteiger partial charge on any atom is 0.116 e. The second-order valence-corrected chi connectivity index (χ2v) is 4.33. The highest BCUT2D eigenvalue weighted by Gasteiger charge is 2.07. The van der Waals surface area contributed by atoms with Gasteiger partial charge in [-0.3, -0.25) is 0 Å². The Balaban J connectivity index is 2.41. The Morgan fingerprint density at radius 1 is 1.38 bits per heavy atom. The van der Waals surface area contributed by atoms with E-state index >= 15 is 0 Å². The normalized spacial score (nSPS) is 11.5. The van der Waals surface area contributed by atoms with Crippen LogP contribution in [-0.2, 0) is 18.4 Å². The van der Waals surface area contributed by atoms with E-state index in [9.17, 15) is 5.11 Å². The molecule has 0 fully saturated rings. The molecule has 0 saturated carbocycles. The first-order valence-electron chi connectivity index (χ1n) is 5.46. The molecule has 3 heteroatoms. The van der Waals surface area contributed by atoms with E-state index in [1.54, 1.807) is 12.1 Å². The zero-order valence-corrected chi connectivity index (χ0v) is 9.90. The van der Waals surface area contributed by atoms with Gasteiger partial charge in [-0.2, -0.15) is 0 Å². The number of hydrogen-bond donors (Lipinski definition) is 1. The summed E-state index contributed by atoms with van der Waals surface area (Å²) in [6.45, 7) is 4.61. The van der Waals surface area contributed by atoms with Crippen molar-refractivity contribution in [1.29, 1.82) is 0 Å². The Labute approximate surface area is 95.3 Å². The molecular formula is C13H17NO2. The van der Waals surface area contributed by atoms with Crippen molar-refractivity contribution >= 4 is 10.9 Å². The summed E-state index contributed by atoms with van der Waals surface area (Å²) < 4.78 is 7.64. The molecular weight excluding hydrogens is 202 g/mol. The van der Waals surface area contributed by atoms with Crippen LogP contribution in [0.3, 0.4) is 0 Å². The van der Waals surface area contributed by atoms with Gasteiger partial charge in [0.15, 0.2) is 0 Å². The summed E-state index contributed by atoms with van der Waals surface area (Å²) in [4.78, 5) is 0. The van der Waals surface area contributed by atoms with Gasteiger partial charge < -0.3 is 14.4 Å². The van der Waals surface area contributed by atoms with Gasteiger partial charge in [-0.1, -0.05) is 0 Å². The Kier molecular flexibility index (Phi) is 2.88. The average molecular weight is 219 g/mol. The van der Waals surface area contributed by atoms with E-state index in [0.717, 1.165) is 16.5 Å². The Morgan fingerprint density at radius 3 is 2.81 bits per heavy atom. The van der Waals surface area contributed by atoms with Crippen LogP contribution >= 0.6 is 0 Å². The number of ether oxygens (including phenoxy) is 1. The monoisotopic (exact) mass is 219 g/mol. The third kappa shape index (κ3) is 2.04. The zero-order valence-electron chi connectivity index (χ0n) is 9.90. The Morgan fingerprint density at radius 2 is 2.12 bits per heavy atom. The largest absolute Gasteiger partial charge is 0.508 e. The van der Waals surface area contributed by atoms with Crippen molar-refractivity contribution in [3.8, 4) is 5.75 Å². The fourth-order valence-corrected chi connectivity index (χ4v) is 1.83. The van der Waals surface area contributed by atoms with Gasteiger partial charge in [0.05, 0.1) is 12.7 Å². The zero-order chi connectivity index (χ0) is 11.7. The summed E-state index contributed by atoms with van der Waals surface area (Å²) >= 11 is 0. The highest BCUT2D eigenvalue weighted by atomic mass is 16.5. The average Bonchev–Trinajstić information content (AvgIpc) is 2.52. The van der Waals surface area contributed by atoms with Gasteiger partial charge in [0.2, 0.25) is 0 Å². The van der Waals surface area contributed by atoms with Gasteiger partial charge in [-0.15, -0.1) is 0 Å². The lowest BCUT2D eigenvalue weighted by Crippen LogP contribution is -2.01. The molecule has 1 heterocycles. The molecule has 0 spiro atoms. The smallest absolute Gasteiger partial charge is 0.116 e. The minimum atomic E-state index is 0.215. The maximum absolute atomic E-state index is 9.49. The number of benzene rings is 1. The summed E-state index contributed by atoms with van der Waals surface area (Å²) in [6, 6.07) is 5.41. The Bertz CT molecular complexity index is 500. The summed E-state index contributed by atoms with van der Waals surface area (Å²) in [7, 11) is 2.00. The van der Waals surface area contributed by atoms with Crippen molar-refractivity contribution in [1.82, 2.24) is 4.57 Å². The molecule has 86 valence electrons. The third-order valence-electron chi connectivity index (χ3n) is 2.63. The molecule has 0 aliphatic heterocycles. The van der Waals surface area contributed by atoms with Crippen LogP contribution in [0.4, 0.5) is 0 Å². The van der Waals surface area contributed by atoms with E-state index in [2.05, 4.69) is 0 Å². The predicted octanol–water partition coefficient (Wildman–Crippen LogP) is 2.81. The first kappa shape index (κ1) is 11.0. The molecule has 1 N–H and O–H groups in total. The SMILES string of the molecule is CC(C)OCc1cn(C)c2ccc(O)cc12. The van der Waals surface area contributed by atoms with Gasteiger partial charge in [-0.05, 0) is 32.0 Å². The first-order valence-corrected chi connectivity index (χ1v) is 5.46. The number of nitrogens with zero attached hydrogens (tertiary/aromatic N) is 1. The fraction of sp³-hybridized carbons (Fsp3) is 0.385. The quantitative estimate of drug-likeness (QED) is 0.861. The lowest BCUT2D eigenvalue weighted by molar-refractivity contribution is 0.0663.